The molecule has 2 N–H and O–H groups in total. The average Bonchev–Trinajstić information content (AvgIpc) is 3.03. The molecule has 0 aromatic heterocycles. The monoisotopic (exact) mass is 286 g/mol. The van der Waals surface area contributed by atoms with Crippen LogP contribution >= 0.6 is 0 Å². The van der Waals surface area contributed by atoms with Crippen molar-refractivity contribution in [2.24, 2.45) is 23.5 Å². The molecule has 0 saturated heterocycles. The fourth-order valence-electron chi connectivity index (χ4n) is 4.81. The number of aryl methyl sites for hydroxylation is 1. The normalized spacial score (nSPS) is 30.8. The van der Waals surface area contributed by atoms with Crippen LogP contribution in [0.25, 0.3) is 0 Å². The van der Waals surface area contributed by atoms with Gasteiger partial charge in [-0.25, -0.2) is 0 Å². The molecule has 1 aromatic rings. The lowest BCUT2D eigenvalue weighted by Gasteiger charge is -2.35. The first-order chi connectivity index (χ1) is 10.0. The maximum absolute atomic E-state index is 6.32. The topological polar surface area (TPSA) is 29.3 Å². The van der Waals surface area contributed by atoms with E-state index in [0.717, 1.165) is 17.8 Å². The quantitative estimate of drug-likeness (QED) is 0.893. The number of likely N-dealkylation sites (N-methyl/N-ethyl adjacent to an activating group) is 1. The third-order valence-corrected chi connectivity index (χ3v) is 5.80. The molecule has 0 aliphatic heterocycles. The predicted octanol–water partition coefficient (Wildman–Crippen LogP) is 3.75. The second-order valence-corrected chi connectivity index (χ2v) is 7.59. The molecule has 2 aliphatic rings. The smallest absolute Gasteiger partial charge is 0.0493 e. The standard InChI is InChI=1S/C19H30N2/c1-13-4-7-16(8-5-13)19(14(2)20)21(3)12-18-11-15-6-9-17(18)10-15/h4-5,7-8,14-15,17-19H,6,9-12,20H2,1-3H3. The highest BCUT2D eigenvalue weighted by Crippen LogP contribution is 2.48. The van der Waals surface area contributed by atoms with Crippen molar-refractivity contribution in [3.05, 3.63) is 35.4 Å². The van der Waals surface area contributed by atoms with E-state index < -0.39 is 0 Å². The maximum atomic E-state index is 6.32. The molecule has 2 heteroatoms. The number of hydrogen-bond donors (Lipinski definition) is 1. The second kappa shape index (κ2) is 6.10. The van der Waals surface area contributed by atoms with E-state index in [-0.39, 0.29) is 6.04 Å². The van der Waals surface area contributed by atoms with Crippen molar-refractivity contribution in [2.75, 3.05) is 13.6 Å². The zero-order valence-electron chi connectivity index (χ0n) is 13.8. The van der Waals surface area contributed by atoms with E-state index in [1.807, 2.05) is 0 Å². The summed E-state index contributed by atoms with van der Waals surface area (Å²) < 4.78 is 0. The summed E-state index contributed by atoms with van der Waals surface area (Å²) in [5.41, 5.74) is 9.00. The van der Waals surface area contributed by atoms with E-state index in [4.69, 9.17) is 5.73 Å². The highest BCUT2D eigenvalue weighted by atomic mass is 15.1. The molecule has 0 heterocycles. The van der Waals surface area contributed by atoms with Gasteiger partial charge in [0.05, 0.1) is 0 Å². The molecule has 2 bridgehead atoms. The minimum absolute atomic E-state index is 0.163. The van der Waals surface area contributed by atoms with Crippen molar-refractivity contribution in [1.29, 1.82) is 0 Å². The molecule has 116 valence electrons. The highest BCUT2D eigenvalue weighted by molar-refractivity contribution is 5.25. The van der Waals surface area contributed by atoms with Crippen LogP contribution in [0.2, 0.25) is 0 Å². The summed E-state index contributed by atoms with van der Waals surface area (Å²) in [4.78, 5) is 2.51. The SMILES string of the molecule is Cc1ccc(C(C(C)N)N(C)CC2CC3CCC2C3)cc1. The van der Waals surface area contributed by atoms with Crippen LogP contribution in [0, 0.1) is 24.7 Å². The molecule has 5 unspecified atom stereocenters. The first kappa shape index (κ1) is 15.1. The van der Waals surface area contributed by atoms with Gasteiger partial charge in [-0.15, -0.1) is 0 Å². The Labute approximate surface area is 129 Å². The van der Waals surface area contributed by atoms with Crippen LogP contribution in [0.3, 0.4) is 0 Å². The Bertz CT molecular complexity index is 465. The summed E-state index contributed by atoms with van der Waals surface area (Å²) in [6, 6.07) is 9.41. The molecule has 2 nitrogen and oxygen atoms in total. The lowest BCUT2D eigenvalue weighted by molar-refractivity contribution is 0.158. The molecule has 0 radical (unpaired) electrons. The number of hydrogen-bond acceptors (Lipinski definition) is 2. The van der Waals surface area contributed by atoms with E-state index in [2.05, 4.69) is 50.1 Å². The van der Waals surface area contributed by atoms with Gasteiger partial charge in [-0.3, -0.25) is 4.90 Å². The average molecular weight is 286 g/mol. The summed E-state index contributed by atoms with van der Waals surface area (Å²) in [7, 11) is 2.26. The molecule has 2 saturated carbocycles. The number of nitrogens with two attached hydrogens (primary N) is 1. The van der Waals surface area contributed by atoms with Gasteiger partial charge in [-0.1, -0.05) is 36.2 Å². The zero-order chi connectivity index (χ0) is 15.0. The molecule has 0 spiro atoms. The molecule has 0 amide bonds. The Morgan fingerprint density at radius 2 is 1.90 bits per heavy atom. The minimum Gasteiger partial charge on any atom is -0.326 e. The first-order valence-electron chi connectivity index (χ1n) is 8.57. The number of nitrogens with zero attached hydrogens (tertiary/aromatic N) is 1. The summed E-state index contributed by atoms with van der Waals surface area (Å²) in [6.45, 7) is 5.49. The largest absolute Gasteiger partial charge is 0.326 e. The van der Waals surface area contributed by atoms with Crippen LogP contribution in [0.1, 0.15) is 49.8 Å². The van der Waals surface area contributed by atoms with Crippen LogP contribution in [0.15, 0.2) is 24.3 Å². The van der Waals surface area contributed by atoms with Gasteiger partial charge >= 0.3 is 0 Å². The minimum atomic E-state index is 0.163. The van der Waals surface area contributed by atoms with Crippen molar-refractivity contribution >= 4 is 0 Å². The van der Waals surface area contributed by atoms with Crippen LogP contribution in [0.4, 0.5) is 0 Å². The Morgan fingerprint density at radius 3 is 2.43 bits per heavy atom. The third kappa shape index (κ3) is 3.17. The number of rotatable bonds is 5. The fraction of sp³-hybridized carbons (Fsp3) is 0.684. The van der Waals surface area contributed by atoms with Crippen LogP contribution in [-0.4, -0.2) is 24.5 Å². The predicted molar refractivity (Wildman–Crippen MR) is 89.1 cm³/mol. The molecule has 2 fully saturated rings. The van der Waals surface area contributed by atoms with E-state index in [1.165, 1.54) is 43.4 Å². The summed E-state index contributed by atoms with van der Waals surface area (Å²) in [5, 5.41) is 0. The number of fused-ring (bicyclic) bond motifs is 2. The highest BCUT2D eigenvalue weighted by Gasteiger charge is 2.40. The van der Waals surface area contributed by atoms with Gasteiger partial charge < -0.3 is 5.73 Å². The fourth-order valence-corrected chi connectivity index (χ4v) is 4.81. The van der Waals surface area contributed by atoms with Crippen molar-refractivity contribution in [2.45, 2.75) is 51.6 Å². The van der Waals surface area contributed by atoms with E-state index in [1.54, 1.807) is 0 Å². The van der Waals surface area contributed by atoms with E-state index in [0.29, 0.717) is 6.04 Å². The van der Waals surface area contributed by atoms with Crippen molar-refractivity contribution < 1.29 is 0 Å². The lowest BCUT2D eigenvalue weighted by Crippen LogP contribution is -2.40. The summed E-state index contributed by atoms with van der Waals surface area (Å²) >= 11 is 0. The van der Waals surface area contributed by atoms with Crippen LogP contribution < -0.4 is 5.73 Å². The Hall–Kier alpha value is -0.860. The van der Waals surface area contributed by atoms with Crippen molar-refractivity contribution in [3.63, 3.8) is 0 Å². The van der Waals surface area contributed by atoms with Gasteiger partial charge in [0.2, 0.25) is 0 Å². The molecule has 2 aliphatic carbocycles. The van der Waals surface area contributed by atoms with Crippen molar-refractivity contribution in [1.82, 2.24) is 4.90 Å². The van der Waals surface area contributed by atoms with E-state index in [9.17, 15) is 0 Å². The van der Waals surface area contributed by atoms with Crippen LogP contribution in [-0.2, 0) is 0 Å². The summed E-state index contributed by atoms with van der Waals surface area (Å²) in [5.74, 6) is 2.92. The Morgan fingerprint density at radius 1 is 1.19 bits per heavy atom. The zero-order valence-corrected chi connectivity index (χ0v) is 13.8. The van der Waals surface area contributed by atoms with Crippen LogP contribution in [0.5, 0.6) is 0 Å². The third-order valence-electron chi connectivity index (χ3n) is 5.80. The van der Waals surface area contributed by atoms with Gasteiger partial charge in [-0.05, 0) is 63.5 Å². The Kier molecular flexibility index (Phi) is 4.37. The van der Waals surface area contributed by atoms with Gasteiger partial charge in [0.1, 0.15) is 0 Å². The molecule has 5 atom stereocenters. The molecular formula is C19H30N2. The van der Waals surface area contributed by atoms with E-state index >= 15 is 0 Å². The molecule has 21 heavy (non-hydrogen) atoms. The summed E-state index contributed by atoms with van der Waals surface area (Å²) in [6.07, 6.45) is 5.90. The van der Waals surface area contributed by atoms with Gasteiger partial charge in [0.25, 0.3) is 0 Å². The van der Waals surface area contributed by atoms with Gasteiger partial charge in [-0.2, -0.15) is 0 Å². The van der Waals surface area contributed by atoms with Crippen molar-refractivity contribution in [3.8, 4) is 0 Å². The lowest BCUT2D eigenvalue weighted by atomic mass is 9.87. The van der Waals surface area contributed by atoms with Gasteiger partial charge in [0, 0.05) is 18.6 Å². The maximum Gasteiger partial charge on any atom is 0.0493 e. The van der Waals surface area contributed by atoms with Gasteiger partial charge in [0.15, 0.2) is 0 Å². The molecule has 3 rings (SSSR count). The number of benzene rings is 1. The first-order valence-corrected chi connectivity index (χ1v) is 8.57. The molecule has 1 aromatic carbocycles. The Balaban J connectivity index is 1.70. The second-order valence-electron chi connectivity index (χ2n) is 7.59. The molecular weight excluding hydrogens is 256 g/mol.